The number of nitriles is 1. The summed E-state index contributed by atoms with van der Waals surface area (Å²) in [6.07, 6.45) is 5.27. The van der Waals surface area contributed by atoms with E-state index < -0.39 is 11.8 Å². The Morgan fingerprint density at radius 3 is 2.95 bits per heavy atom. The molecule has 3 saturated heterocycles. The quantitative estimate of drug-likeness (QED) is 0.524. The average molecular weight is 590 g/mol. The summed E-state index contributed by atoms with van der Waals surface area (Å²) < 4.78 is 27.6. The van der Waals surface area contributed by atoms with Crippen LogP contribution in [0.15, 0.2) is 18.2 Å². The van der Waals surface area contributed by atoms with Crippen molar-refractivity contribution >= 4 is 17.4 Å². The number of carbonyl (C=O) groups is 1. The fraction of sp³-hybridized carbons (Fsp3) is 0.625. The Balaban J connectivity index is 1.24. The van der Waals surface area contributed by atoms with Gasteiger partial charge < -0.3 is 25.0 Å². The topological polar surface area (TPSA) is 121 Å². The number of aryl methyl sites for hydroxylation is 1. The molecule has 7 rings (SSSR count). The number of nitrogens with two attached hydrogens (primary N) is 1. The molecular formula is C32H40FN7O3. The van der Waals surface area contributed by atoms with Crippen molar-refractivity contribution in [1.82, 2.24) is 19.8 Å². The van der Waals surface area contributed by atoms with Crippen molar-refractivity contribution in [2.24, 2.45) is 0 Å². The number of hydrogen-bond donors (Lipinski definition) is 1. The number of piperazine rings is 1. The minimum atomic E-state index is -0.839. The van der Waals surface area contributed by atoms with Gasteiger partial charge >= 0.3 is 6.01 Å². The minimum absolute atomic E-state index is 0.0303. The molecule has 1 amide bonds. The van der Waals surface area contributed by atoms with Crippen LogP contribution in [0.2, 0.25) is 0 Å². The van der Waals surface area contributed by atoms with Crippen LogP contribution < -0.4 is 15.4 Å². The lowest BCUT2D eigenvalue weighted by molar-refractivity contribution is -0.131. The molecule has 11 heteroatoms. The van der Waals surface area contributed by atoms with E-state index >= 15 is 0 Å². The van der Waals surface area contributed by atoms with Crippen LogP contribution in [-0.2, 0) is 34.6 Å². The summed E-state index contributed by atoms with van der Waals surface area (Å²) in [4.78, 5) is 28.4. The molecule has 4 unspecified atom stereocenters. The maximum atomic E-state index is 14.5. The zero-order chi connectivity index (χ0) is 29.8. The fourth-order valence-electron chi connectivity index (χ4n) is 8.31. The number of carbonyl (C=O) groups excluding carboxylic acids is 1. The molecule has 5 heterocycles. The monoisotopic (exact) mass is 589 g/mol. The van der Waals surface area contributed by atoms with Crippen molar-refractivity contribution in [3.05, 3.63) is 40.6 Å². The van der Waals surface area contributed by atoms with Gasteiger partial charge in [-0.1, -0.05) is 6.07 Å². The molecule has 0 bridgehead atoms. The second-order valence-electron chi connectivity index (χ2n) is 13.0. The van der Waals surface area contributed by atoms with E-state index in [0.29, 0.717) is 58.2 Å². The summed E-state index contributed by atoms with van der Waals surface area (Å²) in [5.74, 6) is 0.706. The Labute approximate surface area is 251 Å². The van der Waals surface area contributed by atoms with Crippen LogP contribution in [0, 0.1) is 11.3 Å². The Bertz CT molecular complexity index is 1470. The molecule has 4 aliphatic heterocycles. The summed E-state index contributed by atoms with van der Waals surface area (Å²) in [6, 6.07) is 8.42. The molecule has 2 N–H and O–H groups in total. The summed E-state index contributed by atoms with van der Waals surface area (Å²) in [5.41, 5.74) is 10.3. The maximum Gasteiger partial charge on any atom is 0.318 e. The van der Waals surface area contributed by atoms with Gasteiger partial charge in [0.1, 0.15) is 18.6 Å². The summed E-state index contributed by atoms with van der Waals surface area (Å²) in [5, 5.41) is 9.51. The van der Waals surface area contributed by atoms with Crippen LogP contribution >= 0.6 is 0 Å². The number of amides is 1. The summed E-state index contributed by atoms with van der Waals surface area (Å²) in [7, 11) is 0. The number of halogens is 1. The van der Waals surface area contributed by atoms with Crippen molar-refractivity contribution in [2.45, 2.75) is 88.3 Å². The third-order valence-electron chi connectivity index (χ3n) is 10.4. The predicted octanol–water partition coefficient (Wildman–Crippen LogP) is 3.27. The highest BCUT2D eigenvalue weighted by atomic mass is 19.1. The molecule has 1 aromatic heterocycles. The first kappa shape index (κ1) is 28.3. The van der Waals surface area contributed by atoms with Crippen molar-refractivity contribution < 1.29 is 18.7 Å². The number of ether oxygens (including phenoxy) is 2. The Hall–Kier alpha value is -3.49. The molecule has 3 fully saturated rings. The highest BCUT2D eigenvalue weighted by molar-refractivity contribution is 5.74. The van der Waals surface area contributed by atoms with Crippen molar-refractivity contribution in [1.29, 1.82) is 5.26 Å². The van der Waals surface area contributed by atoms with Crippen molar-refractivity contribution in [2.75, 3.05) is 50.0 Å². The van der Waals surface area contributed by atoms with Gasteiger partial charge in [0.2, 0.25) is 5.91 Å². The number of hydrogen-bond acceptors (Lipinski definition) is 9. The van der Waals surface area contributed by atoms with Crippen molar-refractivity contribution in [3.8, 4) is 12.1 Å². The number of aromatic nitrogens is 2. The van der Waals surface area contributed by atoms with E-state index in [1.54, 1.807) is 11.8 Å². The van der Waals surface area contributed by atoms with E-state index in [1.165, 1.54) is 5.56 Å². The number of fused-ring (bicyclic) bond motifs is 4. The van der Waals surface area contributed by atoms with E-state index in [2.05, 4.69) is 21.9 Å². The third kappa shape index (κ3) is 4.98. The molecule has 1 aromatic carbocycles. The molecule has 2 aromatic rings. The first-order valence-corrected chi connectivity index (χ1v) is 15.6. The third-order valence-corrected chi connectivity index (χ3v) is 10.4. The van der Waals surface area contributed by atoms with Gasteiger partial charge in [0.15, 0.2) is 0 Å². The fourth-order valence-corrected chi connectivity index (χ4v) is 8.31. The van der Waals surface area contributed by atoms with Crippen LogP contribution in [0.25, 0.3) is 0 Å². The van der Waals surface area contributed by atoms with E-state index in [4.69, 9.17) is 25.2 Å². The number of alkyl halides is 1. The van der Waals surface area contributed by atoms with Crippen LogP contribution in [0.5, 0.6) is 6.01 Å². The number of rotatable bonds is 5. The number of anilines is 2. The highest BCUT2D eigenvalue weighted by Crippen LogP contribution is 2.47. The van der Waals surface area contributed by atoms with Crippen LogP contribution in [0.3, 0.4) is 0 Å². The smallest absolute Gasteiger partial charge is 0.318 e. The van der Waals surface area contributed by atoms with Gasteiger partial charge in [-0.15, -0.1) is 0 Å². The van der Waals surface area contributed by atoms with E-state index in [9.17, 15) is 14.4 Å². The standard InChI is InChI=1S/C32H40FN7O3/c1-21(41)40-13-12-38(18-25(40)7-10-34)29-26-19-43-32(9-2-4-22-5-6-24(35)14-27(22)32)16-28(26)36-30(37-29)42-20-31-8-3-11-39(31)17-23(33)15-31/h5-6,14,23,25H,2-4,7-9,11-13,15-20,35H2,1H3. The van der Waals surface area contributed by atoms with Crippen LogP contribution in [0.1, 0.15) is 67.8 Å². The molecule has 0 saturated carbocycles. The molecule has 1 spiro atoms. The van der Waals surface area contributed by atoms with Gasteiger partial charge in [0.05, 0.1) is 42.0 Å². The number of nitrogen functional groups attached to an aromatic ring is 1. The highest BCUT2D eigenvalue weighted by Gasteiger charge is 2.50. The van der Waals surface area contributed by atoms with Gasteiger partial charge in [-0.2, -0.15) is 15.2 Å². The minimum Gasteiger partial charge on any atom is -0.461 e. The Morgan fingerprint density at radius 2 is 2.12 bits per heavy atom. The molecule has 10 nitrogen and oxygen atoms in total. The second kappa shape index (κ2) is 10.9. The lowest BCUT2D eigenvalue weighted by atomic mass is 9.74. The first-order chi connectivity index (χ1) is 20.8. The molecule has 0 radical (unpaired) electrons. The zero-order valence-electron chi connectivity index (χ0n) is 24.9. The second-order valence-corrected chi connectivity index (χ2v) is 13.0. The lowest BCUT2D eigenvalue weighted by Gasteiger charge is -2.44. The van der Waals surface area contributed by atoms with E-state index in [1.807, 2.05) is 12.1 Å². The molecule has 4 atom stereocenters. The van der Waals surface area contributed by atoms with Gasteiger partial charge in [0.25, 0.3) is 0 Å². The Kier molecular flexibility index (Phi) is 7.17. The lowest BCUT2D eigenvalue weighted by Crippen LogP contribution is -2.55. The predicted molar refractivity (Wildman–Crippen MR) is 158 cm³/mol. The van der Waals surface area contributed by atoms with Gasteiger partial charge in [-0.25, -0.2) is 4.39 Å². The zero-order valence-corrected chi connectivity index (χ0v) is 24.9. The van der Waals surface area contributed by atoms with Crippen molar-refractivity contribution in [3.63, 3.8) is 0 Å². The molecule has 43 heavy (non-hydrogen) atoms. The normalized spacial score (nSPS) is 30.1. The van der Waals surface area contributed by atoms with Gasteiger partial charge in [0, 0.05) is 57.2 Å². The number of benzene rings is 1. The van der Waals surface area contributed by atoms with Gasteiger partial charge in [-0.05, 0) is 61.9 Å². The summed E-state index contributed by atoms with van der Waals surface area (Å²) >= 11 is 0. The molecule has 1 aliphatic carbocycles. The maximum absolute atomic E-state index is 14.5. The molecule has 5 aliphatic rings. The van der Waals surface area contributed by atoms with Crippen LogP contribution in [-0.4, -0.2) is 82.8 Å². The van der Waals surface area contributed by atoms with Gasteiger partial charge in [-0.3, -0.25) is 9.69 Å². The van der Waals surface area contributed by atoms with E-state index in [0.717, 1.165) is 67.0 Å². The first-order valence-electron chi connectivity index (χ1n) is 15.6. The van der Waals surface area contributed by atoms with E-state index in [-0.39, 0.29) is 23.9 Å². The average Bonchev–Trinajstić information content (AvgIpc) is 3.52. The summed E-state index contributed by atoms with van der Waals surface area (Å²) in [6.45, 7) is 5.17. The molecule has 228 valence electrons. The largest absolute Gasteiger partial charge is 0.461 e. The number of nitrogens with zero attached hydrogens (tertiary/aromatic N) is 6. The Morgan fingerprint density at radius 1 is 1.23 bits per heavy atom. The molecular weight excluding hydrogens is 549 g/mol. The van der Waals surface area contributed by atoms with Crippen LogP contribution in [0.4, 0.5) is 15.9 Å². The SMILES string of the molecule is CC(=O)N1CCN(c2nc(OCC34CCCN3CC(F)C4)nc3c2COC2(CCCc4ccc(N)cc42)C3)CC1CC#N.